The van der Waals surface area contributed by atoms with E-state index in [0.29, 0.717) is 17.0 Å². The van der Waals surface area contributed by atoms with Crippen LogP contribution in [0.4, 0.5) is 0 Å². The maximum atomic E-state index is 13.0. The molecule has 1 N–H and O–H groups in total. The number of carbonyl (C=O) groups excluding carboxylic acids is 2. The molecule has 27 heavy (non-hydrogen) atoms. The van der Waals surface area contributed by atoms with Gasteiger partial charge in [0, 0.05) is 12.0 Å². The minimum atomic E-state index is -0.605. The Hall–Kier alpha value is -2.92. The SMILES string of the molecule is COc1ccccc1CC(=O)C(Cc1ccccc1)NC(=O)c1cccs1. The zero-order valence-corrected chi connectivity index (χ0v) is 15.9. The highest BCUT2D eigenvalue weighted by Crippen LogP contribution is 2.19. The van der Waals surface area contributed by atoms with Gasteiger partial charge in [-0.3, -0.25) is 9.59 Å². The summed E-state index contributed by atoms with van der Waals surface area (Å²) in [6, 6.07) is 20.1. The summed E-state index contributed by atoms with van der Waals surface area (Å²) in [4.78, 5) is 26.1. The molecule has 0 aliphatic rings. The highest BCUT2D eigenvalue weighted by Gasteiger charge is 2.23. The topological polar surface area (TPSA) is 55.4 Å². The predicted molar refractivity (Wildman–Crippen MR) is 107 cm³/mol. The fourth-order valence-corrected chi connectivity index (χ4v) is 3.52. The van der Waals surface area contributed by atoms with Crippen LogP contribution in [-0.4, -0.2) is 24.8 Å². The number of Topliss-reactive ketones (excluding diaryl/α,β-unsaturated/α-hetero) is 1. The van der Waals surface area contributed by atoms with Crippen molar-refractivity contribution in [3.8, 4) is 5.75 Å². The normalized spacial score (nSPS) is 11.6. The number of benzene rings is 2. The third-order valence-corrected chi connectivity index (χ3v) is 5.15. The van der Waals surface area contributed by atoms with Gasteiger partial charge in [-0.05, 0) is 29.5 Å². The number of thiophene rings is 1. The fraction of sp³-hybridized carbons (Fsp3) is 0.182. The molecule has 0 spiro atoms. The summed E-state index contributed by atoms with van der Waals surface area (Å²) >= 11 is 1.36. The predicted octanol–water partition coefficient (Wildman–Crippen LogP) is 3.91. The Kier molecular flexibility index (Phi) is 6.39. The average Bonchev–Trinajstić information content (AvgIpc) is 3.23. The number of ether oxygens (including phenoxy) is 1. The fourth-order valence-electron chi connectivity index (χ4n) is 2.89. The van der Waals surface area contributed by atoms with Crippen LogP contribution in [0.1, 0.15) is 20.8 Å². The van der Waals surface area contributed by atoms with Gasteiger partial charge in [-0.2, -0.15) is 0 Å². The Morgan fingerprint density at radius 2 is 1.74 bits per heavy atom. The zero-order valence-electron chi connectivity index (χ0n) is 15.1. The minimum Gasteiger partial charge on any atom is -0.496 e. The van der Waals surface area contributed by atoms with E-state index in [1.807, 2.05) is 66.0 Å². The number of hydrogen-bond acceptors (Lipinski definition) is 4. The van der Waals surface area contributed by atoms with Gasteiger partial charge in [0.2, 0.25) is 0 Å². The van der Waals surface area contributed by atoms with E-state index in [4.69, 9.17) is 4.74 Å². The second-order valence-corrected chi connectivity index (χ2v) is 7.10. The number of para-hydroxylation sites is 1. The lowest BCUT2D eigenvalue weighted by atomic mass is 9.97. The first-order valence-electron chi connectivity index (χ1n) is 8.70. The molecule has 138 valence electrons. The molecule has 0 fully saturated rings. The lowest BCUT2D eigenvalue weighted by molar-refractivity contribution is -0.120. The van der Waals surface area contributed by atoms with Crippen LogP contribution in [0.25, 0.3) is 0 Å². The molecule has 5 heteroatoms. The Morgan fingerprint density at radius 1 is 1.00 bits per heavy atom. The molecule has 2 aromatic carbocycles. The molecule has 0 aliphatic heterocycles. The van der Waals surface area contributed by atoms with Crippen molar-refractivity contribution >= 4 is 23.0 Å². The Labute approximate surface area is 162 Å². The van der Waals surface area contributed by atoms with Crippen LogP contribution >= 0.6 is 11.3 Å². The summed E-state index contributed by atoms with van der Waals surface area (Å²) in [6.45, 7) is 0. The Bertz CT molecular complexity index is 891. The van der Waals surface area contributed by atoms with E-state index in [0.717, 1.165) is 11.1 Å². The van der Waals surface area contributed by atoms with Gasteiger partial charge in [-0.15, -0.1) is 11.3 Å². The van der Waals surface area contributed by atoms with E-state index in [1.165, 1.54) is 11.3 Å². The number of carbonyl (C=O) groups is 2. The molecule has 1 aromatic heterocycles. The summed E-state index contributed by atoms with van der Waals surface area (Å²) < 4.78 is 5.35. The molecule has 0 saturated carbocycles. The summed E-state index contributed by atoms with van der Waals surface area (Å²) in [7, 11) is 1.59. The van der Waals surface area contributed by atoms with E-state index in [9.17, 15) is 9.59 Å². The average molecular weight is 379 g/mol. The molecule has 3 rings (SSSR count). The number of nitrogens with one attached hydrogen (secondary N) is 1. The van der Waals surface area contributed by atoms with Gasteiger partial charge in [0.15, 0.2) is 5.78 Å². The summed E-state index contributed by atoms with van der Waals surface area (Å²) in [5, 5.41) is 4.75. The van der Waals surface area contributed by atoms with Crippen molar-refractivity contribution in [1.82, 2.24) is 5.32 Å². The van der Waals surface area contributed by atoms with Crippen molar-refractivity contribution in [3.05, 3.63) is 88.1 Å². The first-order chi connectivity index (χ1) is 13.2. The first-order valence-corrected chi connectivity index (χ1v) is 9.58. The quantitative estimate of drug-likeness (QED) is 0.646. The van der Waals surface area contributed by atoms with Gasteiger partial charge in [-0.1, -0.05) is 54.6 Å². The molecule has 0 saturated heterocycles. The Balaban J connectivity index is 1.79. The molecule has 4 nitrogen and oxygen atoms in total. The van der Waals surface area contributed by atoms with Crippen LogP contribution in [-0.2, 0) is 17.6 Å². The van der Waals surface area contributed by atoms with Crippen LogP contribution in [0.15, 0.2) is 72.1 Å². The minimum absolute atomic E-state index is 0.0479. The molecule has 0 radical (unpaired) electrons. The van der Waals surface area contributed by atoms with Crippen molar-refractivity contribution in [2.24, 2.45) is 0 Å². The molecule has 0 bridgehead atoms. The van der Waals surface area contributed by atoms with Gasteiger partial charge >= 0.3 is 0 Å². The monoisotopic (exact) mass is 379 g/mol. The third kappa shape index (κ3) is 5.05. The van der Waals surface area contributed by atoms with E-state index < -0.39 is 6.04 Å². The van der Waals surface area contributed by atoms with Gasteiger partial charge < -0.3 is 10.1 Å². The Morgan fingerprint density at radius 3 is 2.44 bits per heavy atom. The number of amides is 1. The van der Waals surface area contributed by atoms with Gasteiger partial charge in [-0.25, -0.2) is 0 Å². The molecule has 1 heterocycles. The highest BCUT2D eigenvalue weighted by atomic mass is 32.1. The third-order valence-electron chi connectivity index (χ3n) is 4.28. The van der Waals surface area contributed by atoms with E-state index >= 15 is 0 Å². The van der Waals surface area contributed by atoms with Crippen LogP contribution in [0, 0.1) is 0 Å². The number of hydrogen-bond donors (Lipinski definition) is 1. The van der Waals surface area contributed by atoms with Gasteiger partial charge in [0.1, 0.15) is 5.75 Å². The van der Waals surface area contributed by atoms with E-state index in [-0.39, 0.29) is 18.1 Å². The van der Waals surface area contributed by atoms with Crippen LogP contribution in [0.5, 0.6) is 5.75 Å². The summed E-state index contributed by atoms with van der Waals surface area (Å²) in [6.07, 6.45) is 0.651. The molecule has 1 unspecified atom stereocenters. The first kappa shape index (κ1) is 18.9. The van der Waals surface area contributed by atoms with Crippen molar-refractivity contribution in [1.29, 1.82) is 0 Å². The van der Waals surface area contributed by atoms with Crippen LogP contribution < -0.4 is 10.1 Å². The second kappa shape index (κ2) is 9.14. The van der Waals surface area contributed by atoms with E-state index in [2.05, 4.69) is 5.32 Å². The molecule has 0 aliphatic carbocycles. The lowest BCUT2D eigenvalue weighted by Crippen LogP contribution is -2.43. The summed E-state index contributed by atoms with van der Waals surface area (Å²) in [5.74, 6) is 0.404. The second-order valence-electron chi connectivity index (χ2n) is 6.15. The van der Waals surface area contributed by atoms with Crippen molar-refractivity contribution in [3.63, 3.8) is 0 Å². The van der Waals surface area contributed by atoms with Crippen molar-refractivity contribution < 1.29 is 14.3 Å². The molecule has 1 atom stereocenters. The zero-order chi connectivity index (χ0) is 19.1. The molecule has 3 aromatic rings. The smallest absolute Gasteiger partial charge is 0.261 e. The number of ketones is 1. The maximum absolute atomic E-state index is 13.0. The summed E-state index contributed by atoms with van der Waals surface area (Å²) in [5.41, 5.74) is 1.82. The highest BCUT2D eigenvalue weighted by molar-refractivity contribution is 7.12. The van der Waals surface area contributed by atoms with Crippen LogP contribution in [0.2, 0.25) is 0 Å². The standard InChI is InChI=1S/C22H21NO3S/c1-26-20-11-6-5-10-17(20)15-19(24)18(14-16-8-3-2-4-9-16)23-22(25)21-12-7-13-27-21/h2-13,18H,14-15H2,1H3,(H,23,25). The van der Waals surface area contributed by atoms with Gasteiger partial charge in [0.25, 0.3) is 5.91 Å². The number of rotatable bonds is 8. The van der Waals surface area contributed by atoms with E-state index in [1.54, 1.807) is 13.2 Å². The maximum Gasteiger partial charge on any atom is 0.261 e. The van der Waals surface area contributed by atoms with Crippen molar-refractivity contribution in [2.45, 2.75) is 18.9 Å². The number of methoxy groups -OCH3 is 1. The van der Waals surface area contributed by atoms with Crippen molar-refractivity contribution in [2.75, 3.05) is 7.11 Å². The lowest BCUT2D eigenvalue weighted by Gasteiger charge is -2.18. The molecule has 1 amide bonds. The van der Waals surface area contributed by atoms with Gasteiger partial charge in [0.05, 0.1) is 18.0 Å². The molecular formula is C22H21NO3S. The van der Waals surface area contributed by atoms with Crippen LogP contribution in [0.3, 0.4) is 0 Å². The molecular weight excluding hydrogens is 358 g/mol. The largest absolute Gasteiger partial charge is 0.496 e.